The highest BCUT2D eigenvalue weighted by molar-refractivity contribution is 5.84. The van der Waals surface area contributed by atoms with Gasteiger partial charge in [0.1, 0.15) is 5.60 Å². The van der Waals surface area contributed by atoms with E-state index in [-0.39, 0.29) is 5.91 Å². The van der Waals surface area contributed by atoms with Crippen molar-refractivity contribution in [1.29, 1.82) is 0 Å². The predicted molar refractivity (Wildman–Crippen MR) is 76.4 cm³/mol. The van der Waals surface area contributed by atoms with E-state index in [1.807, 2.05) is 6.07 Å². The van der Waals surface area contributed by atoms with E-state index in [9.17, 15) is 4.79 Å². The molecule has 0 saturated carbocycles. The number of rotatable bonds is 5. The minimum Gasteiger partial charge on any atom is -0.384 e. The highest BCUT2D eigenvalue weighted by Gasteiger charge is 2.27. The highest BCUT2D eigenvalue weighted by atomic mass is 16.5. The molecule has 0 spiro atoms. The summed E-state index contributed by atoms with van der Waals surface area (Å²) in [7, 11) is 1.55. The number of ether oxygens (including phenoxy) is 1. The molecule has 0 bridgehead atoms. The topological polar surface area (TPSA) is 50.4 Å². The van der Waals surface area contributed by atoms with Crippen LogP contribution in [0.3, 0.4) is 0 Å². The van der Waals surface area contributed by atoms with Gasteiger partial charge >= 0.3 is 0 Å². The average Bonchev–Trinajstić information content (AvgIpc) is 2.82. The number of para-hydroxylation sites is 1. The molecule has 1 aliphatic heterocycles. The van der Waals surface area contributed by atoms with Gasteiger partial charge < -0.3 is 15.4 Å². The summed E-state index contributed by atoms with van der Waals surface area (Å²) in [6, 6.07) is 8.35. The van der Waals surface area contributed by atoms with Crippen LogP contribution in [-0.2, 0) is 9.53 Å². The summed E-state index contributed by atoms with van der Waals surface area (Å²) in [6.45, 7) is 5.17. The van der Waals surface area contributed by atoms with Crippen LogP contribution in [0.5, 0.6) is 0 Å². The summed E-state index contributed by atoms with van der Waals surface area (Å²) in [6.07, 6.45) is 0.940. The van der Waals surface area contributed by atoms with Gasteiger partial charge in [0.05, 0.1) is 0 Å². The zero-order valence-corrected chi connectivity index (χ0v) is 11.8. The van der Waals surface area contributed by atoms with E-state index in [1.54, 1.807) is 21.0 Å². The van der Waals surface area contributed by atoms with Crippen molar-refractivity contribution < 1.29 is 9.53 Å². The molecule has 0 saturated heterocycles. The Morgan fingerprint density at radius 2 is 2.21 bits per heavy atom. The molecule has 0 fully saturated rings. The molecule has 104 valence electrons. The fourth-order valence-corrected chi connectivity index (χ4v) is 2.28. The van der Waals surface area contributed by atoms with Gasteiger partial charge in [0.15, 0.2) is 0 Å². The second kappa shape index (κ2) is 5.61. The van der Waals surface area contributed by atoms with Gasteiger partial charge in [0.25, 0.3) is 5.91 Å². The van der Waals surface area contributed by atoms with Crippen LogP contribution in [0.1, 0.15) is 31.7 Å². The van der Waals surface area contributed by atoms with Gasteiger partial charge in [-0.3, -0.25) is 4.79 Å². The molecule has 4 nitrogen and oxygen atoms in total. The molecule has 1 atom stereocenters. The number of carbonyl (C=O) groups excluding carboxylic acids is 1. The smallest absolute Gasteiger partial charge is 0.251 e. The largest absolute Gasteiger partial charge is 0.384 e. The number of hydrogen-bond acceptors (Lipinski definition) is 3. The van der Waals surface area contributed by atoms with Crippen LogP contribution in [0.25, 0.3) is 0 Å². The Labute approximate surface area is 114 Å². The standard InChI is InChI=1S/C15H22N2O2/c1-15(2,19-3)14(18)16-9-8-11-10-17-13-7-5-4-6-12(11)13/h4-7,11,17H,8-10H2,1-3H3,(H,16,18). The van der Waals surface area contributed by atoms with Crippen molar-refractivity contribution >= 4 is 11.6 Å². The first-order valence-electron chi connectivity index (χ1n) is 6.71. The lowest BCUT2D eigenvalue weighted by atomic mass is 9.98. The molecule has 1 unspecified atom stereocenters. The number of amides is 1. The molecule has 1 aliphatic rings. The Morgan fingerprint density at radius 1 is 1.47 bits per heavy atom. The summed E-state index contributed by atoms with van der Waals surface area (Å²) in [4.78, 5) is 11.9. The van der Waals surface area contributed by atoms with Gasteiger partial charge in [-0.2, -0.15) is 0 Å². The van der Waals surface area contributed by atoms with Crippen molar-refractivity contribution in [3.8, 4) is 0 Å². The van der Waals surface area contributed by atoms with Crippen molar-refractivity contribution in [2.24, 2.45) is 0 Å². The molecule has 0 aliphatic carbocycles. The van der Waals surface area contributed by atoms with Crippen LogP contribution in [0.2, 0.25) is 0 Å². The van der Waals surface area contributed by atoms with Crippen LogP contribution < -0.4 is 10.6 Å². The van der Waals surface area contributed by atoms with Crippen molar-refractivity contribution in [1.82, 2.24) is 5.32 Å². The van der Waals surface area contributed by atoms with Gasteiger partial charge in [-0.05, 0) is 31.9 Å². The highest BCUT2D eigenvalue weighted by Crippen LogP contribution is 2.32. The van der Waals surface area contributed by atoms with Crippen molar-refractivity contribution in [2.45, 2.75) is 31.8 Å². The number of nitrogens with one attached hydrogen (secondary N) is 2. The maximum absolute atomic E-state index is 11.9. The number of anilines is 1. The maximum atomic E-state index is 11.9. The molecular formula is C15H22N2O2. The van der Waals surface area contributed by atoms with E-state index >= 15 is 0 Å². The van der Waals surface area contributed by atoms with Crippen molar-refractivity contribution in [3.63, 3.8) is 0 Å². The summed E-state index contributed by atoms with van der Waals surface area (Å²) >= 11 is 0. The van der Waals surface area contributed by atoms with Gasteiger partial charge in [-0.15, -0.1) is 0 Å². The van der Waals surface area contributed by atoms with Gasteiger partial charge in [0, 0.05) is 31.8 Å². The first-order valence-corrected chi connectivity index (χ1v) is 6.71. The molecule has 1 aromatic carbocycles. The second-order valence-electron chi connectivity index (χ2n) is 5.42. The van der Waals surface area contributed by atoms with E-state index in [2.05, 4.69) is 28.8 Å². The van der Waals surface area contributed by atoms with Crippen LogP contribution in [-0.4, -0.2) is 31.7 Å². The fraction of sp³-hybridized carbons (Fsp3) is 0.533. The normalized spacial score (nSPS) is 17.7. The number of carbonyl (C=O) groups is 1. The minimum atomic E-state index is -0.758. The van der Waals surface area contributed by atoms with Crippen molar-refractivity contribution in [3.05, 3.63) is 29.8 Å². The van der Waals surface area contributed by atoms with E-state index in [1.165, 1.54) is 11.3 Å². The Bertz CT molecular complexity index is 457. The summed E-state index contributed by atoms with van der Waals surface area (Å²) in [5.74, 6) is 0.413. The van der Waals surface area contributed by atoms with Crippen LogP contribution in [0.4, 0.5) is 5.69 Å². The zero-order valence-electron chi connectivity index (χ0n) is 11.8. The average molecular weight is 262 g/mol. The molecule has 1 heterocycles. The molecule has 0 radical (unpaired) electrons. The molecule has 2 rings (SSSR count). The molecule has 4 heteroatoms. The second-order valence-corrected chi connectivity index (χ2v) is 5.42. The molecule has 2 N–H and O–H groups in total. The van der Waals surface area contributed by atoms with Crippen LogP contribution >= 0.6 is 0 Å². The van der Waals surface area contributed by atoms with Crippen molar-refractivity contribution in [2.75, 3.05) is 25.5 Å². The maximum Gasteiger partial charge on any atom is 0.251 e. The third kappa shape index (κ3) is 3.07. The Balaban J connectivity index is 1.84. The minimum absolute atomic E-state index is 0.0609. The van der Waals surface area contributed by atoms with E-state index in [0.717, 1.165) is 13.0 Å². The predicted octanol–water partition coefficient (Wildman–Crippen LogP) is 2.13. The Kier molecular flexibility index (Phi) is 4.10. The van der Waals surface area contributed by atoms with Gasteiger partial charge in [0.2, 0.25) is 0 Å². The summed E-state index contributed by atoms with van der Waals surface area (Å²) in [5.41, 5.74) is 1.81. The lowest BCUT2D eigenvalue weighted by Crippen LogP contribution is -2.44. The van der Waals surface area contributed by atoms with E-state index in [4.69, 9.17) is 4.74 Å². The summed E-state index contributed by atoms with van der Waals surface area (Å²) < 4.78 is 5.15. The Morgan fingerprint density at radius 3 is 2.95 bits per heavy atom. The molecule has 1 aromatic rings. The first-order chi connectivity index (χ1) is 9.04. The van der Waals surface area contributed by atoms with E-state index in [0.29, 0.717) is 12.5 Å². The number of methoxy groups -OCH3 is 1. The Hall–Kier alpha value is -1.55. The zero-order chi connectivity index (χ0) is 13.9. The quantitative estimate of drug-likeness (QED) is 0.854. The summed E-state index contributed by atoms with van der Waals surface area (Å²) in [5, 5.41) is 6.33. The molecular weight excluding hydrogens is 240 g/mol. The lowest BCUT2D eigenvalue weighted by molar-refractivity contribution is -0.139. The number of benzene rings is 1. The molecule has 0 aromatic heterocycles. The van der Waals surface area contributed by atoms with Crippen LogP contribution in [0.15, 0.2) is 24.3 Å². The third-order valence-corrected chi connectivity index (χ3v) is 3.78. The molecule has 19 heavy (non-hydrogen) atoms. The third-order valence-electron chi connectivity index (χ3n) is 3.78. The number of hydrogen-bond donors (Lipinski definition) is 2. The lowest BCUT2D eigenvalue weighted by Gasteiger charge is -2.22. The van der Waals surface area contributed by atoms with Gasteiger partial charge in [-0.1, -0.05) is 18.2 Å². The first kappa shape index (κ1) is 13.9. The fourth-order valence-electron chi connectivity index (χ4n) is 2.28. The molecule has 1 amide bonds. The number of fused-ring (bicyclic) bond motifs is 1. The van der Waals surface area contributed by atoms with Crippen LogP contribution in [0, 0.1) is 0 Å². The SMILES string of the molecule is COC(C)(C)C(=O)NCCC1CNc2ccccc21. The van der Waals surface area contributed by atoms with E-state index < -0.39 is 5.60 Å². The van der Waals surface area contributed by atoms with Gasteiger partial charge in [-0.25, -0.2) is 0 Å². The monoisotopic (exact) mass is 262 g/mol.